The van der Waals surface area contributed by atoms with Gasteiger partial charge in [0, 0.05) is 43.4 Å². The fourth-order valence-corrected chi connectivity index (χ4v) is 1.49. The minimum absolute atomic E-state index is 0.314. The monoisotopic (exact) mass is 232 g/mol. The molecule has 0 saturated carbocycles. The average molecular weight is 232 g/mol. The van der Waals surface area contributed by atoms with Gasteiger partial charge in [-0.15, -0.1) is 0 Å². The van der Waals surface area contributed by atoms with E-state index in [1.165, 1.54) is 0 Å². The summed E-state index contributed by atoms with van der Waals surface area (Å²) in [5, 5.41) is 3.33. The molecule has 2 aromatic heterocycles. The molecular formula is C11H16N6. The van der Waals surface area contributed by atoms with E-state index < -0.39 is 0 Å². The van der Waals surface area contributed by atoms with Gasteiger partial charge in [0.15, 0.2) is 0 Å². The summed E-state index contributed by atoms with van der Waals surface area (Å²) in [7, 11) is 0. The highest BCUT2D eigenvalue weighted by atomic mass is 15.0. The standard InChI is InChI=1S/C11H16N6/c12-11-15-7-10(8-16-11)6-13-2-1-4-17-5-3-14-9-17/h3,5,7-9,13H,1-2,4,6H2,(H2,12,15,16). The molecule has 0 atom stereocenters. The molecule has 3 N–H and O–H groups in total. The van der Waals surface area contributed by atoms with Crippen LogP contribution >= 0.6 is 0 Å². The predicted octanol–water partition coefficient (Wildman–Crippen LogP) is 0.435. The highest BCUT2D eigenvalue weighted by Gasteiger charge is 1.95. The lowest BCUT2D eigenvalue weighted by atomic mass is 10.3. The van der Waals surface area contributed by atoms with Crippen LogP contribution in [-0.2, 0) is 13.1 Å². The Morgan fingerprint density at radius 2 is 2.12 bits per heavy atom. The topological polar surface area (TPSA) is 81.6 Å². The molecule has 2 aromatic rings. The zero-order valence-electron chi connectivity index (χ0n) is 9.58. The number of imidazole rings is 1. The summed E-state index contributed by atoms with van der Waals surface area (Å²) in [6.45, 7) is 2.69. The first kappa shape index (κ1) is 11.5. The summed E-state index contributed by atoms with van der Waals surface area (Å²) in [6, 6.07) is 0. The lowest BCUT2D eigenvalue weighted by molar-refractivity contribution is 0.580. The number of nitrogens with one attached hydrogen (secondary N) is 1. The highest BCUT2D eigenvalue weighted by molar-refractivity contribution is 5.16. The summed E-state index contributed by atoms with van der Waals surface area (Å²) < 4.78 is 2.06. The first-order valence-electron chi connectivity index (χ1n) is 5.57. The van der Waals surface area contributed by atoms with Gasteiger partial charge in [-0.3, -0.25) is 0 Å². The van der Waals surface area contributed by atoms with Gasteiger partial charge < -0.3 is 15.6 Å². The van der Waals surface area contributed by atoms with E-state index in [2.05, 4.69) is 24.8 Å². The minimum atomic E-state index is 0.314. The van der Waals surface area contributed by atoms with E-state index in [9.17, 15) is 0 Å². The Morgan fingerprint density at radius 3 is 2.82 bits per heavy atom. The van der Waals surface area contributed by atoms with Crippen molar-refractivity contribution in [3.8, 4) is 0 Å². The molecule has 0 amide bonds. The Kier molecular flexibility index (Phi) is 4.04. The molecular weight excluding hydrogens is 216 g/mol. The molecule has 0 unspecified atom stereocenters. The summed E-state index contributed by atoms with van der Waals surface area (Å²) in [4.78, 5) is 11.9. The SMILES string of the molecule is Nc1ncc(CNCCCn2ccnc2)cn1. The van der Waals surface area contributed by atoms with E-state index in [1.54, 1.807) is 18.6 Å². The van der Waals surface area contributed by atoms with Crippen molar-refractivity contribution in [2.45, 2.75) is 19.5 Å². The predicted molar refractivity (Wildman–Crippen MR) is 65.0 cm³/mol. The van der Waals surface area contributed by atoms with Crippen molar-refractivity contribution in [2.24, 2.45) is 0 Å². The van der Waals surface area contributed by atoms with Crippen molar-refractivity contribution in [1.29, 1.82) is 0 Å². The molecule has 6 nitrogen and oxygen atoms in total. The maximum atomic E-state index is 5.41. The van der Waals surface area contributed by atoms with Gasteiger partial charge in [-0.05, 0) is 13.0 Å². The third kappa shape index (κ3) is 3.84. The smallest absolute Gasteiger partial charge is 0.219 e. The zero-order valence-corrected chi connectivity index (χ0v) is 9.58. The third-order valence-electron chi connectivity index (χ3n) is 2.38. The van der Waals surface area contributed by atoms with Crippen LogP contribution in [0, 0.1) is 0 Å². The minimum Gasteiger partial charge on any atom is -0.368 e. The van der Waals surface area contributed by atoms with E-state index in [4.69, 9.17) is 5.73 Å². The van der Waals surface area contributed by atoms with Gasteiger partial charge in [0.25, 0.3) is 0 Å². The van der Waals surface area contributed by atoms with Crippen LogP contribution in [0.1, 0.15) is 12.0 Å². The highest BCUT2D eigenvalue weighted by Crippen LogP contribution is 1.96. The van der Waals surface area contributed by atoms with Crippen LogP contribution in [0.25, 0.3) is 0 Å². The largest absolute Gasteiger partial charge is 0.368 e. The van der Waals surface area contributed by atoms with Crippen LogP contribution in [0.5, 0.6) is 0 Å². The zero-order chi connectivity index (χ0) is 11.9. The number of aryl methyl sites for hydroxylation is 1. The van der Waals surface area contributed by atoms with E-state index in [-0.39, 0.29) is 0 Å². The summed E-state index contributed by atoms with van der Waals surface area (Å²) in [6.07, 6.45) is 10.1. The molecule has 0 fully saturated rings. The molecule has 0 aliphatic carbocycles. The van der Waals surface area contributed by atoms with Gasteiger partial charge in [0.2, 0.25) is 5.95 Å². The van der Waals surface area contributed by atoms with Gasteiger partial charge in [-0.1, -0.05) is 0 Å². The number of aromatic nitrogens is 4. The Hall–Kier alpha value is -1.95. The molecule has 2 heterocycles. The van der Waals surface area contributed by atoms with Crippen molar-refractivity contribution >= 4 is 5.95 Å². The number of nitrogens with two attached hydrogens (primary N) is 1. The van der Waals surface area contributed by atoms with Crippen LogP contribution in [0.4, 0.5) is 5.95 Å². The normalized spacial score (nSPS) is 10.6. The Bertz CT molecular complexity index is 422. The van der Waals surface area contributed by atoms with Crippen LogP contribution in [0.2, 0.25) is 0 Å². The van der Waals surface area contributed by atoms with E-state index in [0.29, 0.717) is 5.95 Å². The van der Waals surface area contributed by atoms with E-state index in [0.717, 1.165) is 31.6 Å². The summed E-state index contributed by atoms with van der Waals surface area (Å²) >= 11 is 0. The molecule has 0 aliphatic rings. The van der Waals surface area contributed by atoms with Gasteiger partial charge >= 0.3 is 0 Å². The molecule has 6 heteroatoms. The first-order chi connectivity index (χ1) is 8.34. The second kappa shape index (κ2) is 5.95. The fourth-order valence-electron chi connectivity index (χ4n) is 1.49. The second-order valence-electron chi connectivity index (χ2n) is 3.78. The molecule has 0 aromatic carbocycles. The Balaban J connectivity index is 1.61. The quantitative estimate of drug-likeness (QED) is 0.706. The van der Waals surface area contributed by atoms with Crippen molar-refractivity contribution in [2.75, 3.05) is 12.3 Å². The molecule has 2 rings (SSSR count). The Labute approximate surface area is 99.9 Å². The maximum absolute atomic E-state index is 5.41. The number of nitrogen functional groups attached to an aromatic ring is 1. The lowest BCUT2D eigenvalue weighted by Crippen LogP contribution is -2.16. The van der Waals surface area contributed by atoms with Gasteiger partial charge in [0.05, 0.1) is 6.33 Å². The molecule has 17 heavy (non-hydrogen) atoms. The first-order valence-corrected chi connectivity index (χ1v) is 5.57. The number of rotatable bonds is 6. The lowest BCUT2D eigenvalue weighted by Gasteiger charge is -2.05. The molecule has 0 saturated heterocycles. The van der Waals surface area contributed by atoms with Crippen molar-refractivity contribution in [3.63, 3.8) is 0 Å². The molecule has 90 valence electrons. The van der Waals surface area contributed by atoms with E-state index >= 15 is 0 Å². The molecule has 0 bridgehead atoms. The van der Waals surface area contributed by atoms with Crippen molar-refractivity contribution < 1.29 is 0 Å². The summed E-state index contributed by atoms with van der Waals surface area (Å²) in [5.74, 6) is 0.314. The van der Waals surface area contributed by atoms with Gasteiger partial charge in [-0.2, -0.15) is 0 Å². The fraction of sp³-hybridized carbons (Fsp3) is 0.364. The average Bonchev–Trinajstić information content (AvgIpc) is 2.84. The van der Waals surface area contributed by atoms with Gasteiger partial charge in [0.1, 0.15) is 0 Å². The third-order valence-corrected chi connectivity index (χ3v) is 2.38. The summed E-state index contributed by atoms with van der Waals surface area (Å²) in [5.41, 5.74) is 6.45. The van der Waals surface area contributed by atoms with Gasteiger partial charge in [-0.25, -0.2) is 15.0 Å². The van der Waals surface area contributed by atoms with Crippen LogP contribution < -0.4 is 11.1 Å². The van der Waals surface area contributed by atoms with Crippen LogP contribution in [0.3, 0.4) is 0 Å². The number of nitrogens with zero attached hydrogens (tertiary/aromatic N) is 4. The van der Waals surface area contributed by atoms with Crippen molar-refractivity contribution in [1.82, 2.24) is 24.8 Å². The second-order valence-corrected chi connectivity index (χ2v) is 3.78. The number of anilines is 1. The number of hydrogen-bond acceptors (Lipinski definition) is 5. The van der Waals surface area contributed by atoms with Crippen molar-refractivity contribution in [3.05, 3.63) is 36.7 Å². The van der Waals surface area contributed by atoms with Crippen LogP contribution in [-0.4, -0.2) is 26.1 Å². The molecule has 0 spiro atoms. The maximum Gasteiger partial charge on any atom is 0.219 e. The molecule has 0 radical (unpaired) electrons. The van der Waals surface area contributed by atoms with Crippen LogP contribution in [0.15, 0.2) is 31.1 Å². The number of hydrogen-bond donors (Lipinski definition) is 2. The van der Waals surface area contributed by atoms with E-state index in [1.807, 2.05) is 12.5 Å². The molecule has 0 aliphatic heterocycles. The Morgan fingerprint density at radius 1 is 1.29 bits per heavy atom.